The second-order valence-electron chi connectivity index (χ2n) is 3.30. The van der Waals surface area contributed by atoms with E-state index in [1.165, 1.54) is 13.8 Å². The van der Waals surface area contributed by atoms with Crippen LogP contribution in [0, 0.1) is 0 Å². The predicted molar refractivity (Wildman–Crippen MR) is 61.7 cm³/mol. The minimum absolute atomic E-state index is 0.217. The summed E-state index contributed by atoms with van der Waals surface area (Å²) in [5.41, 5.74) is 0.461. The van der Waals surface area contributed by atoms with Crippen molar-refractivity contribution in [3.63, 3.8) is 0 Å². The first-order valence-electron chi connectivity index (χ1n) is 4.84. The Kier molecular flexibility index (Phi) is 6.40. The summed E-state index contributed by atoms with van der Waals surface area (Å²) >= 11 is 0. The molecule has 0 rings (SSSR count). The number of carbonyl (C=O) groups is 2. The number of rotatable bonds is 7. The summed E-state index contributed by atoms with van der Waals surface area (Å²) in [7, 11) is 0. The Labute approximate surface area is 100 Å². The third-order valence-electron chi connectivity index (χ3n) is 1.53. The van der Waals surface area contributed by atoms with E-state index >= 15 is 0 Å². The van der Waals surface area contributed by atoms with Crippen LogP contribution < -0.4 is 0 Å². The molecule has 0 heterocycles. The molecule has 0 amide bonds. The average molecular weight is 240 g/mol. The maximum Gasteiger partial charge on any atom is 0.336 e. The van der Waals surface area contributed by atoms with Crippen LogP contribution in [-0.4, -0.2) is 24.8 Å². The molecule has 0 aliphatic carbocycles. The van der Waals surface area contributed by atoms with Gasteiger partial charge in [0.2, 0.25) is 0 Å². The molecule has 5 nitrogen and oxygen atoms in total. The van der Waals surface area contributed by atoms with E-state index in [-0.39, 0.29) is 17.8 Å². The van der Waals surface area contributed by atoms with Crippen LogP contribution in [0.3, 0.4) is 0 Å². The Morgan fingerprint density at radius 3 is 2.12 bits per heavy atom. The highest BCUT2D eigenvalue weighted by Gasteiger charge is 2.17. The van der Waals surface area contributed by atoms with E-state index in [2.05, 4.69) is 19.7 Å². The van der Waals surface area contributed by atoms with E-state index in [9.17, 15) is 9.59 Å². The Hall–Kier alpha value is -2.04. The van der Waals surface area contributed by atoms with Crippen LogP contribution in [0.2, 0.25) is 0 Å². The number of esters is 2. The fourth-order valence-corrected chi connectivity index (χ4v) is 0.695. The van der Waals surface area contributed by atoms with Gasteiger partial charge < -0.3 is 14.2 Å². The molecule has 0 aromatic carbocycles. The molecule has 0 aromatic rings. The van der Waals surface area contributed by atoms with Crippen molar-refractivity contribution in [3.8, 4) is 0 Å². The van der Waals surface area contributed by atoms with Crippen LogP contribution in [0.5, 0.6) is 0 Å². The molecule has 0 N–H and O–H groups in total. The highest BCUT2D eigenvalue weighted by Crippen LogP contribution is 2.03. The average Bonchev–Trinajstić information content (AvgIpc) is 2.25. The first kappa shape index (κ1) is 15.0. The molecule has 94 valence electrons. The van der Waals surface area contributed by atoms with Gasteiger partial charge in [-0.1, -0.05) is 19.7 Å². The third-order valence-corrected chi connectivity index (χ3v) is 1.53. The Balaban J connectivity index is 4.29. The highest BCUT2D eigenvalue weighted by atomic mass is 16.7. The molecule has 1 unspecified atom stereocenters. The van der Waals surface area contributed by atoms with Gasteiger partial charge in [0.05, 0.1) is 6.26 Å². The van der Waals surface area contributed by atoms with E-state index in [1.807, 2.05) is 0 Å². The number of hydrogen-bond acceptors (Lipinski definition) is 5. The van der Waals surface area contributed by atoms with Crippen molar-refractivity contribution >= 4 is 11.9 Å². The van der Waals surface area contributed by atoms with E-state index in [4.69, 9.17) is 14.2 Å². The minimum atomic E-state index is -1.04. The van der Waals surface area contributed by atoms with Crippen molar-refractivity contribution in [2.24, 2.45) is 0 Å². The molecular formula is C12H16O5. The fraction of sp³-hybridized carbons (Fsp3) is 0.333. The van der Waals surface area contributed by atoms with Gasteiger partial charge in [0.15, 0.2) is 6.61 Å². The highest BCUT2D eigenvalue weighted by molar-refractivity contribution is 5.87. The van der Waals surface area contributed by atoms with Gasteiger partial charge in [0.25, 0.3) is 6.29 Å². The molecule has 5 heteroatoms. The summed E-state index contributed by atoms with van der Waals surface area (Å²) in [4.78, 5) is 22.3. The SMILES string of the molecule is C=COC(COC(=O)C(=C)C)OC(=O)C(=C)C. The largest absolute Gasteiger partial charge is 0.460 e. The van der Waals surface area contributed by atoms with Crippen LogP contribution in [0.4, 0.5) is 0 Å². The third kappa shape index (κ3) is 6.19. The van der Waals surface area contributed by atoms with Gasteiger partial charge in [-0.15, -0.1) is 0 Å². The number of ether oxygens (including phenoxy) is 3. The molecule has 17 heavy (non-hydrogen) atoms. The maximum absolute atomic E-state index is 11.2. The molecular weight excluding hydrogens is 224 g/mol. The number of carbonyl (C=O) groups excluding carboxylic acids is 2. The van der Waals surface area contributed by atoms with Crippen LogP contribution in [0.1, 0.15) is 13.8 Å². The van der Waals surface area contributed by atoms with Crippen LogP contribution in [-0.2, 0) is 23.8 Å². The lowest BCUT2D eigenvalue weighted by atomic mass is 10.3. The monoisotopic (exact) mass is 240 g/mol. The van der Waals surface area contributed by atoms with Gasteiger partial charge in [-0.25, -0.2) is 9.59 Å². The van der Waals surface area contributed by atoms with Crippen LogP contribution >= 0.6 is 0 Å². The van der Waals surface area contributed by atoms with Gasteiger partial charge in [-0.3, -0.25) is 0 Å². The maximum atomic E-state index is 11.2. The fourth-order valence-electron chi connectivity index (χ4n) is 0.695. The molecule has 0 aromatic heterocycles. The number of hydrogen-bond donors (Lipinski definition) is 0. The van der Waals surface area contributed by atoms with Crippen LogP contribution in [0.25, 0.3) is 0 Å². The second-order valence-corrected chi connectivity index (χ2v) is 3.30. The lowest BCUT2D eigenvalue weighted by molar-refractivity contribution is -0.178. The van der Waals surface area contributed by atoms with Gasteiger partial charge in [0.1, 0.15) is 0 Å². The predicted octanol–water partition coefficient (Wildman–Crippen LogP) is 1.71. The summed E-state index contributed by atoms with van der Waals surface area (Å²) in [6.07, 6.45) is 0.0466. The quantitative estimate of drug-likeness (QED) is 0.293. The summed E-state index contributed by atoms with van der Waals surface area (Å²) in [6, 6.07) is 0. The standard InChI is InChI=1S/C12H16O5/c1-6-15-10(17-12(14)9(4)5)7-16-11(13)8(2)3/h6,10H,1-2,4,7H2,3,5H3. The van der Waals surface area contributed by atoms with Gasteiger partial charge in [-0.2, -0.15) is 0 Å². The zero-order valence-electron chi connectivity index (χ0n) is 10.0. The normalized spacial score (nSPS) is 10.9. The smallest absolute Gasteiger partial charge is 0.336 e. The van der Waals surface area contributed by atoms with Crippen molar-refractivity contribution < 1.29 is 23.8 Å². The molecule has 0 radical (unpaired) electrons. The molecule has 0 saturated heterocycles. The minimum Gasteiger partial charge on any atom is -0.460 e. The zero-order valence-corrected chi connectivity index (χ0v) is 10.0. The Morgan fingerprint density at radius 1 is 1.18 bits per heavy atom. The summed E-state index contributed by atoms with van der Waals surface area (Å²) in [6.45, 7) is 12.9. The molecule has 0 saturated carbocycles. The zero-order chi connectivity index (χ0) is 13.4. The Morgan fingerprint density at radius 2 is 1.71 bits per heavy atom. The summed E-state index contributed by atoms with van der Waals surface area (Å²) in [5, 5.41) is 0. The van der Waals surface area contributed by atoms with E-state index in [0.29, 0.717) is 0 Å². The van der Waals surface area contributed by atoms with Crippen molar-refractivity contribution in [2.75, 3.05) is 6.61 Å². The topological polar surface area (TPSA) is 61.8 Å². The lowest BCUT2D eigenvalue weighted by Crippen LogP contribution is -2.26. The molecule has 0 spiro atoms. The van der Waals surface area contributed by atoms with Crippen molar-refractivity contribution in [2.45, 2.75) is 20.1 Å². The van der Waals surface area contributed by atoms with Gasteiger partial charge in [0, 0.05) is 11.1 Å². The molecule has 0 fully saturated rings. The molecule has 0 aliphatic rings. The van der Waals surface area contributed by atoms with Crippen LogP contribution in [0.15, 0.2) is 37.1 Å². The summed E-state index contributed by atoms with van der Waals surface area (Å²) in [5.74, 6) is -1.22. The first-order valence-corrected chi connectivity index (χ1v) is 4.84. The molecule has 1 atom stereocenters. The Bertz CT molecular complexity index is 343. The lowest BCUT2D eigenvalue weighted by Gasteiger charge is -2.16. The summed E-state index contributed by atoms with van der Waals surface area (Å²) < 4.78 is 14.5. The molecule has 0 aliphatic heterocycles. The van der Waals surface area contributed by atoms with Crippen molar-refractivity contribution in [1.29, 1.82) is 0 Å². The van der Waals surface area contributed by atoms with Crippen molar-refractivity contribution in [1.82, 2.24) is 0 Å². The van der Waals surface area contributed by atoms with Gasteiger partial charge >= 0.3 is 11.9 Å². The first-order chi connectivity index (χ1) is 7.88. The van der Waals surface area contributed by atoms with E-state index in [0.717, 1.165) is 6.26 Å². The second kappa shape index (κ2) is 7.27. The van der Waals surface area contributed by atoms with E-state index in [1.54, 1.807) is 0 Å². The molecule has 0 bridgehead atoms. The van der Waals surface area contributed by atoms with Crippen molar-refractivity contribution in [3.05, 3.63) is 37.1 Å². The van der Waals surface area contributed by atoms with E-state index < -0.39 is 18.2 Å². The van der Waals surface area contributed by atoms with Gasteiger partial charge in [-0.05, 0) is 13.8 Å².